The van der Waals surface area contributed by atoms with E-state index in [9.17, 15) is 13.5 Å². The Kier molecular flexibility index (Phi) is 3.72. The van der Waals surface area contributed by atoms with Gasteiger partial charge in [0.05, 0.1) is 10.9 Å². The van der Waals surface area contributed by atoms with Gasteiger partial charge in [0.1, 0.15) is 0 Å². The average Bonchev–Trinajstić information content (AvgIpc) is 2.45. The van der Waals surface area contributed by atoms with Gasteiger partial charge in [0.2, 0.25) is 10.0 Å². The molecule has 0 radical (unpaired) electrons. The van der Waals surface area contributed by atoms with Crippen LogP contribution in [0.2, 0.25) is 0 Å². The smallest absolute Gasteiger partial charge is 0.219 e. The van der Waals surface area contributed by atoms with Crippen molar-refractivity contribution >= 4 is 10.0 Å². The van der Waals surface area contributed by atoms with Gasteiger partial charge in [0.15, 0.2) is 0 Å². The number of aliphatic hydroxyl groups excluding tert-OH is 1. The van der Waals surface area contributed by atoms with E-state index in [2.05, 4.69) is 0 Å². The zero-order valence-electron chi connectivity index (χ0n) is 10.8. The van der Waals surface area contributed by atoms with Gasteiger partial charge in [0.25, 0.3) is 0 Å². The van der Waals surface area contributed by atoms with E-state index in [0.717, 1.165) is 0 Å². The summed E-state index contributed by atoms with van der Waals surface area (Å²) in [5.41, 5.74) is 0. The van der Waals surface area contributed by atoms with Crippen LogP contribution in [0.3, 0.4) is 0 Å². The molecule has 0 unspecified atom stereocenters. The summed E-state index contributed by atoms with van der Waals surface area (Å²) in [5.74, 6) is 0.231. The lowest BCUT2D eigenvalue weighted by molar-refractivity contribution is 0.187. The molecule has 0 aromatic rings. The summed E-state index contributed by atoms with van der Waals surface area (Å²) in [4.78, 5) is 0. The maximum Gasteiger partial charge on any atom is 0.219 e. The van der Waals surface area contributed by atoms with E-state index in [1.807, 2.05) is 13.8 Å². The van der Waals surface area contributed by atoms with Crippen LogP contribution in [0, 0.1) is 5.92 Å². The van der Waals surface area contributed by atoms with Crippen LogP contribution in [0.1, 0.15) is 41.0 Å². The summed E-state index contributed by atoms with van der Waals surface area (Å²) < 4.78 is 25.3. The molecule has 0 aromatic carbocycles. The Hall–Kier alpha value is -0.130. The summed E-state index contributed by atoms with van der Waals surface area (Å²) in [6, 6.07) is -0.0702. The molecular weight excluding hydrogens is 226 g/mol. The molecular formula is C11H23NO3S. The third-order valence-corrected chi connectivity index (χ3v) is 5.71. The summed E-state index contributed by atoms with van der Waals surface area (Å²) in [5, 5.41) is 9.64. The van der Waals surface area contributed by atoms with Crippen molar-refractivity contribution in [2.75, 3.05) is 6.54 Å². The van der Waals surface area contributed by atoms with Gasteiger partial charge in [-0.3, -0.25) is 0 Å². The van der Waals surface area contributed by atoms with E-state index in [4.69, 9.17) is 0 Å². The third kappa shape index (κ3) is 2.41. The largest absolute Gasteiger partial charge is 0.392 e. The van der Waals surface area contributed by atoms with Gasteiger partial charge in [-0.25, -0.2) is 8.42 Å². The maximum absolute atomic E-state index is 12.3. The molecule has 1 aliphatic heterocycles. The van der Waals surface area contributed by atoms with E-state index >= 15 is 0 Å². The van der Waals surface area contributed by atoms with Crippen LogP contribution in [0.5, 0.6) is 0 Å². The number of sulfonamides is 1. The SMILES string of the molecule is CC(C)[C@H]1C[C@@H](O)CN1S(=O)(=O)C(C)(C)C. The third-order valence-electron chi connectivity index (χ3n) is 3.13. The first kappa shape index (κ1) is 13.9. The van der Waals surface area contributed by atoms with Gasteiger partial charge in [-0.15, -0.1) is 0 Å². The van der Waals surface area contributed by atoms with Crippen molar-refractivity contribution in [2.45, 2.75) is 57.9 Å². The highest BCUT2D eigenvalue weighted by Crippen LogP contribution is 2.32. The number of hydrogen-bond acceptors (Lipinski definition) is 3. The first-order valence-corrected chi connectivity index (χ1v) is 7.21. The molecule has 0 spiro atoms. The van der Waals surface area contributed by atoms with Gasteiger partial charge in [-0.05, 0) is 33.1 Å². The fourth-order valence-electron chi connectivity index (χ4n) is 2.05. The predicted molar refractivity (Wildman–Crippen MR) is 64.6 cm³/mol. The Morgan fingerprint density at radius 1 is 1.31 bits per heavy atom. The van der Waals surface area contributed by atoms with Crippen LogP contribution in [0.4, 0.5) is 0 Å². The van der Waals surface area contributed by atoms with Gasteiger partial charge >= 0.3 is 0 Å². The van der Waals surface area contributed by atoms with Crippen molar-refractivity contribution < 1.29 is 13.5 Å². The van der Waals surface area contributed by atoms with Crippen molar-refractivity contribution in [3.8, 4) is 0 Å². The van der Waals surface area contributed by atoms with Crippen LogP contribution >= 0.6 is 0 Å². The molecule has 4 nitrogen and oxygen atoms in total. The van der Waals surface area contributed by atoms with Crippen molar-refractivity contribution in [1.82, 2.24) is 4.31 Å². The zero-order valence-corrected chi connectivity index (χ0v) is 11.6. The topological polar surface area (TPSA) is 57.6 Å². The quantitative estimate of drug-likeness (QED) is 0.800. The van der Waals surface area contributed by atoms with Crippen molar-refractivity contribution in [2.24, 2.45) is 5.92 Å². The lowest BCUT2D eigenvalue weighted by atomic mass is 10.0. The molecule has 1 rings (SSSR count). The molecule has 1 aliphatic rings. The van der Waals surface area contributed by atoms with E-state index < -0.39 is 20.9 Å². The number of β-amino-alcohol motifs (C(OH)–C–C–N with tert-alkyl or cyclic N) is 1. The van der Waals surface area contributed by atoms with Crippen LogP contribution in [-0.4, -0.2) is 41.3 Å². The summed E-state index contributed by atoms with van der Waals surface area (Å²) in [7, 11) is -3.33. The molecule has 0 saturated carbocycles. The maximum atomic E-state index is 12.3. The van der Waals surface area contributed by atoms with Gasteiger partial charge in [0, 0.05) is 12.6 Å². The lowest BCUT2D eigenvalue weighted by Crippen LogP contribution is -2.47. The zero-order chi connectivity index (χ0) is 12.7. The standard InChI is InChI=1S/C11H23NO3S/c1-8(2)10-6-9(13)7-12(10)16(14,15)11(3,4)5/h8-10,13H,6-7H2,1-5H3/t9-,10-/m1/s1. The molecule has 1 heterocycles. The Bertz CT molecular complexity index is 343. The van der Waals surface area contributed by atoms with E-state index in [0.29, 0.717) is 6.42 Å². The second-order valence-electron chi connectivity index (χ2n) is 5.89. The lowest BCUT2D eigenvalue weighted by Gasteiger charge is -2.32. The second-order valence-corrected chi connectivity index (χ2v) is 8.53. The fraction of sp³-hybridized carbons (Fsp3) is 1.00. The number of hydrogen-bond donors (Lipinski definition) is 1. The van der Waals surface area contributed by atoms with E-state index in [1.54, 1.807) is 20.8 Å². The Labute approximate surface area is 98.7 Å². The number of rotatable bonds is 2. The van der Waals surface area contributed by atoms with Crippen LogP contribution < -0.4 is 0 Å². The Morgan fingerprint density at radius 3 is 2.19 bits per heavy atom. The van der Waals surface area contributed by atoms with Crippen molar-refractivity contribution in [3.63, 3.8) is 0 Å². The van der Waals surface area contributed by atoms with Crippen molar-refractivity contribution in [1.29, 1.82) is 0 Å². The minimum Gasteiger partial charge on any atom is -0.392 e. The van der Waals surface area contributed by atoms with Crippen LogP contribution in [-0.2, 0) is 10.0 Å². The molecule has 0 amide bonds. The highest BCUT2D eigenvalue weighted by molar-refractivity contribution is 7.90. The van der Waals surface area contributed by atoms with Gasteiger partial charge in [-0.2, -0.15) is 4.31 Å². The molecule has 1 N–H and O–H groups in total. The Balaban J connectivity index is 3.04. The van der Waals surface area contributed by atoms with Crippen LogP contribution in [0.25, 0.3) is 0 Å². The molecule has 1 fully saturated rings. The molecule has 0 aromatic heterocycles. The average molecular weight is 249 g/mol. The summed E-state index contributed by atoms with van der Waals surface area (Å²) >= 11 is 0. The molecule has 0 bridgehead atoms. The highest BCUT2D eigenvalue weighted by atomic mass is 32.2. The molecule has 5 heteroatoms. The van der Waals surface area contributed by atoms with Crippen LogP contribution in [0.15, 0.2) is 0 Å². The molecule has 16 heavy (non-hydrogen) atoms. The normalized spacial score (nSPS) is 28.9. The minimum atomic E-state index is -3.33. The molecule has 1 saturated heterocycles. The summed E-state index contributed by atoms with van der Waals surface area (Å²) in [6.07, 6.45) is 0.0250. The molecule has 0 aliphatic carbocycles. The second kappa shape index (κ2) is 4.27. The monoisotopic (exact) mass is 249 g/mol. The Morgan fingerprint density at radius 2 is 1.81 bits per heavy atom. The van der Waals surface area contributed by atoms with Gasteiger partial charge in [-0.1, -0.05) is 13.8 Å². The number of aliphatic hydroxyl groups is 1. The fourth-order valence-corrected chi connectivity index (χ4v) is 3.80. The predicted octanol–water partition coefficient (Wildman–Crippen LogP) is 1.21. The minimum absolute atomic E-state index is 0.0702. The molecule has 96 valence electrons. The highest BCUT2D eigenvalue weighted by Gasteiger charge is 2.45. The van der Waals surface area contributed by atoms with Crippen molar-refractivity contribution in [3.05, 3.63) is 0 Å². The van der Waals surface area contributed by atoms with Gasteiger partial charge < -0.3 is 5.11 Å². The summed E-state index contributed by atoms with van der Waals surface area (Å²) in [6.45, 7) is 9.32. The van der Waals surface area contributed by atoms with E-state index in [-0.39, 0.29) is 18.5 Å². The first-order valence-electron chi connectivity index (χ1n) is 5.77. The first-order chi connectivity index (χ1) is 7.07. The number of nitrogens with zero attached hydrogens (tertiary/aromatic N) is 1. The molecule has 2 atom stereocenters. The van der Waals surface area contributed by atoms with E-state index in [1.165, 1.54) is 4.31 Å².